The zero-order valence-corrected chi connectivity index (χ0v) is 8.34. The van der Waals surface area contributed by atoms with Crippen molar-refractivity contribution in [3.63, 3.8) is 0 Å². The molecular formula is C9H9FN2O4. The van der Waals surface area contributed by atoms with Crippen molar-refractivity contribution in [1.29, 1.82) is 0 Å². The van der Waals surface area contributed by atoms with Crippen LogP contribution in [0.1, 0.15) is 11.6 Å². The first-order valence-corrected chi connectivity index (χ1v) is 4.24. The number of methoxy groups -OCH3 is 1. The van der Waals surface area contributed by atoms with E-state index in [9.17, 15) is 19.3 Å². The van der Waals surface area contributed by atoms with E-state index in [1.54, 1.807) is 0 Å². The van der Waals surface area contributed by atoms with Gasteiger partial charge >= 0.3 is 11.7 Å². The van der Waals surface area contributed by atoms with Crippen molar-refractivity contribution >= 4 is 11.7 Å². The van der Waals surface area contributed by atoms with Crippen LogP contribution in [0, 0.1) is 15.9 Å². The molecule has 0 aromatic heterocycles. The first-order valence-electron chi connectivity index (χ1n) is 4.24. The summed E-state index contributed by atoms with van der Waals surface area (Å²) in [5.41, 5.74) is 4.85. The number of nitrogens with two attached hydrogens (primary N) is 1. The van der Waals surface area contributed by atoms with E-state index in [1.165, 1.54) is 6.07 Å². The highest BCUT2D eigenvalue weighted by atomic mass is 19.1. The first-order chi connectivity index (χ1) is 7.47. The van der Waals surface area contributed by atoms with Crippen molar-refractivity contribution in [3.05, 3.63) is 39.7 Å². The molecule has 0 aliphatic carbocycles. The number of benzene rings is 1. The highest BCUT2D eigenvalue weighted by Crippen LogP contribution is 2.22. The third-order valence-electron chi connectivity index (χ3n) is 1.98. The SMILES string of the molecule is COC(=O)C(N)c1ccc(F)c([N+](=O)[O-])c1. The maximum absolute atomic E-state index is 13.0. The lowest BCUT2D eigenvalue weighted by atomic mass is 10.1. The van der Waals surface area contributed by atoms with Crippen LogP contribution < -0.4 is 5.73 Å². The third kappa shape index (κ3) is 2.31. The van der Waals surface area contributed by atoms with Gasteiger partial charge in [0.2, 0.25) is 5.82 Å². The van der Waals surface area contributed by atoms with Crippen molar-refractivity contribution in [2.45, 2.75) is 6.04 Å². The van der Waals surface area contributed by atoms with Gasteiger partial charge < -0.3 is 10.5 Å². The van der Waals surface area contributed by atoms with Crippen molar-refractivity contribution < 1.29 is 18.8 Å². The van der Waals surface area contributed by atoms with Crippen LogP contribution in [0.15, 0.2) is 18.2 Å². The summed E-state index contributed by atoms with van der Waals surface area (Å²) in [6.45, 7) is 0. The number of carbonyl (C=O) groups is 1. The molecule has 2 N–H and O–H groups in total. The van der Waals surface area contributed by atoms with Crippen LogP contribution in [-0.2, 0) is 9.53 Å². The fraction of sp³-hybridized carbons (Fsp3) is 0.222. The number of hydrogen-bond acceptors (Lipinski definition) is 5. The van der Waals surface area contributed by atoms with Gasteiger partial charge in [-0.1, -0.05) is 6.07 Å². The number of nitro benzene ring substituents is 1. The van der Waals surface area contributed by atoms with Gasteiger partial charge in [0.1, 0.15) is 6.04 Å². The summed E-state index contributed by atoms with van der Waals surface area (Å²) in [6, 6.07) is 1.83. The topological polar surface area (TPSA) is 95.5 Å². The number of esters is 1. The normalized spacial score (nSPS) is 11.9. The fourth-order valence-corrected chi connectivity index (χ4v) is 1.13. The van der Waals surface area contributed by atoms with E-state index >= 15 is 0 Å². The molecule has 0 aliphatic heterocycles. The standard InChI is InChI=1S/C9H9FN2O4/c1-16-9(13)8(11)5-2-3-6(10)7(4-5)12(14)15/h2-4,8H,11H2,1H3. The summed E-state index contributed by atoms with van der Waals surface area (Å²) < 4.78 is 17.3. The quantitative estimate of drug-likeness (QED) is 0.471. The summed E-state index contributed by atoms with van der Waals surface area (Å²) in [7, 11) is 1.14. The molecule has 0 aliphatic rings. The number of hydrogen-bond donors (Lipinski definition) is 1. The molecule has 0 spiro atoms. The lowest BCUT2D eigenvalue weighted by Crippen LogP contribution is -2.22. The number of halogens is 1. The van der Waals surface area contributed by atoms with E-state index in [4.69, 9.17) is 5.73 Å². The molecule has 0 radical (unpaired) electrons. The molecule has 1 atom stereocenters. The van der Waals surface area contributed by atoms with E-state index in [0.717, 1.165) is 19.2 Å². The number of nitro groups is 1. The molecule has 1 unspecified atom stereocenters. The maximum Gasteiger partial charge on any atom is 0.327 e. The van der Waals surface area contributed by atoms with Gasteiger partial charge in [0.05, 0.1) is 12.0 Å². The van der Waals surface area contributed by atoms with E-state index in [2.05, 4.69) is 4.74 Å². The predicted octanol–water partition coefficient (Wildman–Crippen LogP) is 0.907. The fourth-order valence-electron chi connectivity index (χ4n) is 1.13. The Balaban J connectivity index is 3.12. The Bertz CT molecular complexity index is 436. The minimum Gasteiger partial charge on any atom is -0.468 e. The Kier molecular flexibility index (Phi) is 3.51. The van der Waals surface area contributed by atoms with E-state index < -0.39 is 28.4 Å². The minimum atomic E-state index is -1.16. The molecule has 1 aromatic rings. The Morgan fingerprint density at radius 2 is 2.25 bits per heavy atom. The summed E-state index contributed by atoms with van der Waals surface area (Å²) in [6.07, 6.45) is 0. The zero-order valence-electron chi connectivity index (χ0n) is 8.34. The van der Waals surface area contributed by atoms with Crippen molar-refractivity contribution in [3.8, 4) is 0 Å². The van der Waals surface area contributed by atoms with Crippen LogP contribution in [0.5, 0.6) is 0 Å². The molecule has 0 bridgehead atoms. The highest BCUT2D eigenvalue weighted by Gasteiger charge is 2.21. The molecule has 6 nitrogen and oxygen atoms in total. The average Bonchev–Trinajstić information content (AvgIpc) is 2.27. The predicted molar refractivity (Wildman–Crippen MR) is 52.0 cm³/mol. The van der Waals surface area contributed by atoms with Crippen LogP contribution in [0.25, 0.3) is 0 Å². The average molecular weight is 228 g/mol. The van der Waals surface area contributed by atoms with E-state index in [-0.39, 0.29) is 5.56 Å². The molecule has 16 heavy (non-hydrogen) atoms. The van der Waals surface area contributed by atoms with Gasteiger partial charge in [0.25, 0.3) is 0 Å². The molecule has 0 saturated heterocycles. The lowest BCUT2D eigenvalue weighted by molar-refractivity contribution is -0.387. The van der Waals surface area contributed by atoms with E-state index in [0.29, 0.717) is 0 Å². The number of ether oxygens (including phenoxy) is 1. The van der Waals surface area contributed by atoms with Crippen molar-refractivity contribution in [2.75, 3.05) is 7.11 Å². The molecule has 0 amide bonds. The Labute approximate surface area is 90.0 Å². The van der Waals surface area contributed by atoms with Gasteiger partial charge in [-0.15, -0.1) is 0 Å². The number of carbonyl (C=O) groups excluding carboxylic acids is 1. The molecule has 0 fully saturated rings. The van der Waals surface area contributed by atoms with E-state index in [1.807, 2.05) is 0 Å². The van der Waals surface area contributed by atoms with Gasteiger partial charge in [0, 0.05) is 6.07 Å². The second kappa shape index (κ2) is 4.67. The van der Waals surface area contributed by atoms with Crippen LogP contribution in [0.2, 0.25) is 0 Å². The molecule has 0 heterocycles. The summed E-state index contributed by atoms with van der Waals surface area (Å²) in [5, 5.41) is 10.4. The van der Waals surface area contributed by atoms with Crippen molar-refractivity contribution in [2.24, 2.45) is 5.73 Å². The molecule has 1 aromatic carbocycles. The summed E-state index contributed by atoms with van der Waals surface area (Å²) >= 11 is 0. The Morgan fingerprint density at radius 1 is 1.62 bits per heavy atom. The van der Waals surface area contributed by atoms with Gasteiger partial charge in [-0.3, -0.25) is 14.9 Å². The van der Waals surface area contributed by atoms with Gasteiger partial charge in [-0.05, 0) is 11.6 Å². The smallest absolute Gasteiger partial charge is 0.327 e. The monoisotopic (exact) mass is 228 g/mol. The van der Waals surface area contributed by atoms with Crippen LogP contribution >= 0.6 is 0 Å². The summed E-state index contributed by atoms with van der Waals surface area (Å²) in [5.74, 6) is -1.73. The molecular weight excluding hydrogens is 219 g/mol. The number of rotatable bonds is 3. The zero-order chi connectivity index (χ0) is 12.3. The Hall–Kier alpha value is -2.02. The van der Waals surface area contributed by atoms with Gasteiger partial charge in [-0.2, -0.15) is 4.39 Å². The van der Waals surface area contributed by atoms with Gasteiger partial charge in [-0.25, -0.2) is 0 Å². The van der Waals surface area contributed by atoms with Crippen molar-refractivity contribution in [1.82, 2.24) is 0 Å². The highest BCUT2D eigenvalue weighted by molar-refractivity contribution is 5.77. The van der Waals surface area contributed by atoms with Gasteiger partial charge in [0.15, 0.2) is 0 Å². The van der Waals surface area contributed by atoms with Crippen LogP contribution in [0.3, 0.4) is 0 Å². The number of nitrogens with zero attached hydrogens (tertiary/aromatic N) is 1. The largest absolute Gasteiger partial charge is 0.468 e. The van der Waals surface area contributed by atoms with Crippen LogP contribution in [0.4, 0.5) is 10.1 Å². The molecule has 1 rings (SSSR count). The molecule has 86 valence electrons. The maximum atomic E-state index is 13.0. The second-order valence-corrected chi connectivity index (χ2v) is 2.97. The third-order valence-corrected chi connectivity index (χ3v) is 1.98. The minimum absolute atomic E-state index is 0.125. The summed E-state index contributed by atoms with van der Waals surface area (Å²) in [4.78, 5) is 20.6. The molecule has 7 heteroatoms. The molecule has 0 saturated carbocycles. The van der Waals surface area contributed by atoms with Crippen LogP contribution in [-0.4, -0.2) is 18.0 Å². The second-order valence-electron chi connectivity index (χ2n) is 2.97. The first kappa shape index (κ1) is 12.1. The lowest BCUT2D eigenvalue weighted by Gasteiger charge is -2.09. The Morgan fingerprint density at radius 3 is 2.75 bits per heavy atom.